The predicted octanol–water partition coefficient (Wildman–Crippen LogP) is 3.51. The van der Waals surface area contributed by atoms with Crippen LogP contribution in [-0.4, -0.2) is 4.92 Å². The largest absolute Gasteiger partial charge is 0.284 e. The molecular weight excluding hydrogens is 246 g/mol. The van der Waals surface area contributed by atoms with Crippen molar-refractivity contribution in [3.8, 4) is 0 Å². The summed E-state index contributed by atoms with van der Waals surface area (Å²) in [5, 5.41) is 12.5. The molecule has 0 saturated carbocycles. The van der Waals surface area contributed by atoms with Crippen LogP contribution in [-0.2, 0) is 0 Å². The van der Waals surface area contributed by atoms with Crippen LogP contribution in [0.1, 0.15) is 0 Å². The quantitative estimate of drug-likeness (QED) is 0.575. The molecule has 0 fully saturated rings. The maximum absolute atomic E-state index is 10.6. The molecule has 14 heavy (non-hydrogen) atoms. The number of rotatable bonds is 1. The number of hydrogen-bond acceptors (Lipinski definition) is 2. The fourth-order valence-electron chi connectivity index (χ4n) is 1.36. The second-order valence-corrected chi connectivity index (χ2v) is 3.67. The number of halogens is 1. The van der Waals surface area contributed by atoms with E-state index in [-0.39, 0.29) is 5.69 Å². The van der Waals surface area contributed by atoms with Gasteiger partial charge in [0.1, 0.15) is 4.47 Å². The van der Waals surface area contributed by atoms with Gasteiger partial charge in [0.05, 0.1) is 4.92 Å². The van der Waals surface area contributed by atoms with E-state index in [1.54, 1.807) is 6.07 Å². The van der Waals surface area contributed by atoms with E-state index in [9.17, 15) is 10.1 Å². The number of fused-ring (bicyclic) bond motifs is 1. The summed E-state index contributed by atoms with van der Waals surface area (Å²) in [6.45, 7) is 0. The number of nitro groups is 1. The topological polar surface area (TPSA) is 43.1 Å². The molecule has 0 N–H and O–H groups in total. The highest BCUT2D eigenvalue weighted by Gasteiger charge is 2.13. The second kappa shape index (κ2) is 3.38. The molecule has 0 bridgehead atoms. The summed E-state index contributed by atoms with van der Waals surface area (Å²) >= 11 is 3.24. The SMILES string of the molecule is O=[N+]([O-])c1ccc2ccccc2c1Br. The van der Waals surface area contributed by atoms with Gasteiger partial charge in [-0.1, -0.05) is 24.3 Å². The summed E-state index contributed by atoms with van der Waals surface area (Å²) in [5.41, 5.74) is 0.101. The van der Waals surface area contributed by atoms with Crippen LogP contribution in [0.15, 0.2) is 40.9 Å². The van der Waals surface area contributed by atoms with E-state index in [2.05, 4.69) is 15.9 Å². The summed E-state index contributed by atoms with van der Waals surface area (Å²) in [7, 11) is 0. The molecule has 0 saturated heterocycles. The zero-order valence-electron chi connectivity index (χ0n) is 7.11. The molecule has 0 aliphatic carbocycles. The lowest BCUT2D eigenvalue weighted by atomic mass is 10.1. The fraction of sp³-hybridized carbons (Fsp3) is 0. The highest BCUT2D eigenvalue weighted by molar-refractivity contribution is 9.10. The van der Waals surface area contributed by atoms with Gasteiger partial charge < -0.3 is 0 Å². The van der Waals surface area contributed by atoms with Crippen LogP contribution in [0.4, 0.5) is 5.69 Å². The first-order valence-electron chi connectivity index (χ1n) is 4.02. The lowest BCUT2D eigenvalue weighted by molar-refractivity contribution is -0.385. The standard InChI is InChI=1S/C10H6BrNO2/c11-10-8-4-2-1-3-7(8)5-6-9(10)12(13)14/h1-6H. The van der Waals surface area contributed by atoms with Crippen LogP contribution in [0, 0.1) is 10.1 Å². The van der Waals surface area contributed by atoms with Gasteiger partial charge in [0, 0.05) is 11.5 Å². The zero-order valence-corrected chi connectivity index (χ0v) is 8.69. The van der Waals surface area contributed by atoms with E-state index in [0.717, 1.165) is 10.8 Å². The second-order valence-electron chi connectivity index (χ2n) is 2.88. The third-order valence-electron chi connectivity index (χ3n) is 2.04. The van der Waals surface area contributed by atoms with E-state index in [1.165, 1.54) is 6.07 Å². The molecule has 3 nitrogen and oxygen atoms in total. The highest BCUT2D eigenvalue weighted by Crippen LogP contribution is 2.32. The first-order valence-corrected chi connectivity index (χ1v) is 4.81. The molecule has 70 valence electrons. The van der Waals surface area contributed by atoms with Crippen molar-refractivity contribution in [1.82, 2.24) is 0 Å². The molecule has 0 unspecified atom stereocenters. The van der Waals surface area contributed by atoms with E-state index in [0.29, 0.717) is 4.47 Å². The van der Waals surface area contributed by atoms with Gasteiger partial charge in [0.15, 0.2) is 0 Å². The van der Waals surface area contributed by atoms with Gasteiger partial charge in [-0.05, 0) is 27.4 Å². The third kappa shape index (κ3) is 1.37. The van der Waals surface area contributed by atoms with Crippen molar-refractivity contribution in [2.24, 2.45) is 0 Å². The van der Waals surface area contributed by atoms with Crippen molar-refractivity contribution in [1.29, 1.82) is 0 Å². The monoisotopic (exact) mass is 251 g/mol. The highest BCUT2D eigenvalue weighted by atomic mass is 79.9. The lowest BCUT2D eigenvalue weighted by Gasteiger charge is -2.00. The molecule has 0 amide bonds. The molecule has 0 aliphatic heterocycles. The Hall–Kier alpha value is -1.42. The Kier molecular flexibility index (Phi) is 2.21. The van der Waals surface area contributed by atoms with Gasteiger partial charge in [0.2, 0.25) is 0 Å². The van der Waals surface area contributed by atoms with Crippen molar-refractivity contribution in [2.75, 3.05) is 0 Å². The first kappa shape index (κ1) is 9.15. The Labute approximate surface area is 88.6 Å². The Balaban J connectivity index is 2.81. The van der Waals surface area contributed by atoms with Gasteiger partial charge in [-0.2, -0.15) is 0 Å². The summed E-state index contributed by atoms with van der Waals surface area (Å²) in [6, 6.07) is 10.8. The lowest BCUT2D eigenvalue weighted by Crippen LogP contribution is -1.89. The molecule has 4 heteroatoms. The first-order chi connectivity index (χ1) is 6.70. The van der Waals surface area contributed by atoms with E-state index in [1.807, 2.05) is 24.3 Å². The fourth-order valence-corrected chi connectivity index (χ4v) is 2.00. The van der Waals surface area contributed by atoms with E-state index < -0.39 is 4.92 Å². The molecule has 0 heterocycles. The summed E-state index contributed by atoms with van der Waals surface area (Å²) < 4.78 is 0.542. The van der Waals surface area contributed by atoms with Crippen LogP contribution in [0.5, 0.6) is 0 Å². The van der Waals surface area contributed by atoms with Gasteiger partial charge in [0.25, 0.3) is 5.69 Å². The van der Waals surface area contributed by atoms with Crippen LogP contribution in [0.2, 0.25) is 0 Å². The smallest absolute Gasteiger partial charge is 0.258 e. The zero-order chi connectivity index (χ0) is 10.1. The van der Waals surface area contributed by atoms with Crippen LogP contribution < -0.4 is 0 Å². The third-order valence-corrected chi connectivity index (χ3v) is 2.87. The van der Waals surface area contributed by atoms with E-state index in [4.69, 9.17) is 0 Å². The molecule has 0 aliphatic rings. The number of nitrogens with zero attached hydrogens (tertiary/aromatic N) is 1. The summed E-state index contributed by atoms with van der Waals surface area (Å²) in [6.07, 6.45) is 0. The van der Waals surface area contributed by atoms with Crippen LogP contribution in [0.25, 0.3) is 10.8 Å². The molecule has 2 aromatic carbocycles. The Morgan fingerprint density at radius 2 is 1.86 bits per heavy atom. The minimum absolute atomic E-state index is 0.101. The summed E-state index contributed by atoms with van der Waals surface area (Å²) in [5.74, 6) is 0. The number of benzene rings is 2. The molecule has 0 spiro atoms. The van der Waals surface area contributed by atoms with Gasteiger partial charge >= 0.3 is 0 Å². The molecule has 2 rings (SSSR count). The maximum Gasteiger partial charge on any atom is 0.284 e. The average molecular weight is 252 g/mol. The van der Waals surface area contributed by atoms with E-state index >= 15 is 0 Å². The van der Waals surface area contributed by atoms with Gasteiger partial charge in [-0.25, -0.2) is 0 Å². The minimum Gasteiger partial charge on any atom is -0.258 e. The van der Waals surface area contributed by atoms with Crippen molar-refractivity contribution < 1.29 is 4.92 Å². The van der Waals surface area contributed by atoms with Crippen molar-refractivity contribution in [3.05, 3.63) is 51.0 Å². The maximum atomic E-state index is 10.6. The average Bonchev–Trinajstić information content (AvgIpc) is 2.18. The van der Waals surface area contributed by atoms with Crippen molar-refractivity contribution >= 4 is 32.4 Å². The number of hydrogen-bond donors (Lipinski definition) is 0. The molecular formula is C10H6BrNO2. The Morgan fingerprint density at radius 3 is 2.57 bits per heavy atom. The predicted molar refractivity (Wildman–Crippen MR) is 58.3 cm³/mol. The van der Waals surface area contributed by atoms with Crippen molar-refractivity contribution in [3.63, 3.8) is 0 Å². The normalized spacial score (nSPS) is 10.4. The minimum atomic E-state index is -0.392. The van der Waals surface area contributed by atoms with Gasteiger partial charge in [-0.3, -0.25) is 10.1 Å². The Bertz CT molecular complexity index is 510. The molecule has 0 aromatic heterocycles. The molecule has 2 aromatic rings. The van der Waals surface area contributed by atoms with Crippen LogP contribution >= 0.6 is 15.9 Å². The Morgan fingerprint density at radius 1 is 1.14 bits per heavy atom. The number of nitro benzene ring substituents is 1. The molecule has 0 radical (unpaired) electrons. The van der Waals surface area contributed by atoms with Crippen LogP contribution in [0.3, 0.4) is 0 Å². The van der Waals surface area contributed by atoms with Crippen molar-refractivity contribution in [2.45, 2.75) is 0 Å². The summed E-state index contributed by atoms with van der Waals surface area (Å²) in [4.78, 5) is 10.2. The molecule has 0 atom stereocenters. The van der Waals surface area contributed by atoms with Gasteiger partial charge in [-0.15, -0.1) is 0 Å².